The Morgan fingerprint density at radius 2 is 2.08 bits per heavy atom. The number of benzene rings is 1. The van der Waals surface area contributed by atoms with Gasteiger partial charge in [0.2, 0.25) is 10.0 Å². The lowest BCUT2D eigenvalue weighted by atomic mass is 10.1. The van der Waals surface area contributed by atoms with Crippen LogP contribution in [0.3, 0.4) is 0 Å². The predicted molar refractivity (Wildman–Crippen MR) is 46.2 cm³/mol. The molecular weight excluding hydrogens is 174 g/mol. The normalized spacial score (nSPS) is 19.3. The van der Waals surface area contributed by atoms with Gasteiger partial charge in [-0.1, -0.05) is 18.2 Å². The van der Waals surface area contributed by atoms with Crippen LogP contribution in [0.25, 0.3) is 0 Å². The smallest absolute Gasteiger partial charge is 0.233 e. The van der Waals surface area contributed by atoms with Crippen LogP contribution in [0.1, 0.15) is 5.56 Å². The molecule has 0 unspecified atom stereocenters. The predicted octanol–water partition coefficient (Wildman–Crippen LogP) is 0.871. The average molecular weight is 181 g/mol. The van der Waals surface area contributed by atoms with E-state index in [9.17, 15) is 8.42 Å². The maximum atomic E-state index is 11.0. The number of para-hydroxylation sites is 1. The van der Waals surface area contributed by atoms with E-state index >= 15 is 0 Å². The molecule has 0 aromatic heterocycles. The summed E-state index contributed by atoms with van der Waals surface area (Å²) in [7, 11) is -3.16. The third kappa shape index (κ3) is 1.30. The lowest BCUT2D eigenvalue weighted by molar-refractivity contribution is 0.602. The molecule has 0 saturated carbocycles. The van der Waals surface area contributed by atoms with Gasteiger partial charge in [-0.2, -0.15) is 0 Å². The molecule has 4 heteroatoms. The van der Waals surface area contributed by atoms with Crippen molar-refractivity contribution < 1.29 is 8.42 Å². The molecule has 1 aliphatic rings. The summed E-state index contributed by atoms with van der Waals surface area (Å²) in [4.78, 5) is 0. The number of hydrogen-bond acceptors (Lipinski definition) is 2. The first kappa shape index (κ1) is 7.61. The molecule has 3 nitrogen and oxygen atoms in total. The molecular formula is C8H7NO2S. The van der Waals surface area contributed by atoms with Gasteiger partial charge in [0.25, 0.3) is 0 Å². The fraction of sp³-hybridized carbons (Fsp3) is 0.125. The van der Waals surface area contributed by atoms with Crippen molar-refractivity contribution in [1.29, 1.82) is 0 Å². The molecule has 2 rings (SSSR count). The minimum absolute atomic E-state index is 0.0516. The summed E-state index contributed by atoms with van der Waals surface area (Å²) in [6.07, 6.45) is 2.80. The van der Waals surface area contributed by atoms with Gasteiger partial charge in [-0.25, -0.2) is 8.42 Å². The van der Waals surface area contributed by atoms with Gasteiger partial charge < -0.3 is 0 Å². The molecule has 62 valence electrons. The molecule has 1 heterocycles. The number of sulfonamides is 1. The second-order valence-electron chi connectivity index (χ2n) is 2.58. The van der Waals surface area contributed by atoms with Gasteiger partial charge in [0.15, 0.2) is 0 Å². The monoisotopic (exact) mass is 181 g/mol. The Bertz CT molecular complexity index is 397. The summed E-state index contributed by atoms with van der Waals surface area (Å²) in [5.74, 6) is -0.0516. The third-order valence-electron chi connectivity index (χ3n) is 1.65. The maximum absolute atomic E-state index is 11.0. The van der Waals surface area contributed by atoms with Crippen LogP contribution in [-0.4, -0.2) is 14.2 Å². The van der Waals surface area contributed by atoms with E-state index in [1.807, 2.05) is 12.1 Å². The van der Waals surface area contributed by atoms with E-state index in [0.29, 0.717) is 5.69 Å². The van der Waals surface area contributed by atoms with Gasteiger partial charge in [-0.05, 0) is 11.6 Å². The highest BCUT2D eigenvalue weighted by molar-refractivity contribution is 7.92. The second kappa shape index (κ2) is 2.48. The van der Waals surface area contributed by atoms with E-state index in [1.54, 1.807) is 12.1 Å². The minimum Gasteiger partial charge on any atom is -0.283 e. The van der Waals surface area contributed by atoms with Crippen molar-refractivity contribution in [2.45, 2.75) is 0 Å². The number of anilines is 1. The summed E-state index contributed by atoms with van der Waals surface area (Å²) < 4.78 is 24.5. The van der Waals surface area contributed by atoms with Crippen LogP contribution in [0, 0.1) is 6.42 Å². The van der Waals surface area contributed by atoms with Crippen molar-refractivity contribution >= 4 is 15.7 Å². The third-order valence-corrected chi connectivity index (χ3v) is 2.70. The van der Waals surface area contributed by atoms with Crippen LogP contribution in [0.5, 0.6) is 0 Å². The first-order valence-electron chi connectivity index (χ1n) is 3.51. The van der Waals surface area contributed by atoms with E-state index in [-0.39, 0.29) is 5.75 Å². The van der Waals surface area contributed by atoms with E-state index in [1.165, 1.54) is 0 Å². The van der Waals surface area contributed by atoms with Gasteiger partial charge in [0.1, 0.15) is 0 Å². The molecule has 0 saturated heterocycles. The molecule has 0 bridgehead atoms. The number of hydrogen-bond donors (Lipinski definition) is 1. The lowest BCUT2D eigenvalue weighted by Gasteiger charge is -2.16. The standard InChI is InChI=1S/C8H7NO2S/c10-12(11)6-5-7-3-1-2-4-8(7)9-12/h1-4,9H,6H2. The van der Waals surface area contributed by atoms with Crippen LogP contribution in [-0.2, 0) is 10.0 Å². The number of nitrogens with one attached hydrogen (secondary N) is 1. The van der Waals surface area contributed by atoms with Gasteiger partial charge in [-0.15, -0.1) is 0 Å². The van der Waals surface area contributed by atoms with Gasteiger partial charge >= 0.3 is 0 Å². The molecule has 0 aliphatic carbocycles. The molecule has 1 aromatic rings. The maximum Gasteiger partial charge on any atom is 0.233 e. The molecule has 1 N–H and O–H groups in total. The Balaban J connectivity index is 2.48. The van der Waals surface area contributed by atoms with Crippen molar-refractivity contribution in [3.63, 3.8) is 0 Å². The van der Waals surface area contributed by atoms with Crippen molar-refractivity contribution in [3.8, 4) is 0 Å². The molecule has 0 atom stereocenters. The zero-order valence-corrected chi connectivity index (χ0v) is 7.06. The largest absolute Gasteiger partial charge is 0.283 e. The molecule has 0 amide bonds. The molecule has 0 fully saturated rings. The molecule has 2 radical (unpaired) electrons. The summed E-state index contributed by atoms with van der Waals surface area (Å²) in [6.45, 7) is 0. The van der Waals surface area contributed by atoms with E-state index in [2.05, 4.69) is 11.1 Å². The van der Waals surface area contributed by atoms with Crippen LogP contribution < -0.4 is 4.72 Å². The zero-order valence-electron chi connectivity index (χ0n) is 6.24. The summed E-state index contributed by atoms with van der Waals surface area (Å²) >= 11 is 0. The molecule has 12 heavy (non-hydrogen) atoms. The van der Waals surface area contributed by atoms with E-state index in [4.69, 9.17) is 0 Å². The van der Waals surface area contributed by atoms with Gasteiger partial charge in [0, 0.05) is 6.42 Å². The Morgan fingerprint density at radius 1 is 1.33 bits per heavy atom. The highest BCUT2D eigenvalue weighted by atomic mass is 32.2. The summed E-state index contributed by atoms with van der Waals surface area (Å²) in [5, 5.41) is 0. The first-order chi connectivity index (χ1) is 5.67. The van der Waals surface area contributed by atoms with E-state index < -0.39 is 10.0 Å². The second-order valence-corrected chi connectivity index (χ2v) is 4.31. The molecule has 1 aromatic carbocycles. The summed E-state index contributed by atoms with van der Waals surface area (Å²) in [6, 6.07) is 7.19. The average Bonchev–Trinajstić information content (AvgIpc) is 2.02. The quantitative estimate of drug-likeness (QED) is 0.645. The fourth-order valence-electron chi connectivity index (χ4n) is 1.10. The van der Waals surface area contributed by atoms with Crippen molar-refractivity contribution in [3.05, 3.63) is 36.2 Å². The number of fused-ring (bicyclic) bond motifs is 1. The Kier molecular flexibility index (Phi) is 1.58. The highest BCUT2D eigenvalue weighted by Gasteiger charge is 2.19. The Hall–Kier alpha value is -1.03. The summed E-state index contributed by atoms with van der Waals surface area (Å²) in [5.41, 5.74) is 1.44. The van der Waals surface area contributed by atoms with E-state index in [0.717, 1.165) is 5.56 Å². The molecule has 0 spiro atoms. The fourth-order valence-corrected chi connectivity index (χ4v) is 2.03. The topological polar surface area (TPSA) is 46.2 Å². The number of rotatable bonds is 0. The van der Waals surface area contributed by atoms with Crippen molar-refractivity contribution in [2.75, 3.05) is 10.5 Å². The Morgan fingerprint density at radius 3 is 2.92 bits per heavy atom. The SMILES string of the molecule is O=S1(=O)C[C]c2ccccc2N1. The van der Waals surface area contributed by atoms with Gasteiger partial charge in [-0.3, -0.25) is 4.72 Å². The van der Waals surface area contributed by atoms with Gasteiger partial charge in [0.05, 0.1) is 11.4 Å². The van der Waals surface area contributed by atoms with Crippen molar-refractivity contribution in [2.24, 2.45) is 0 Å². The van der Waals surface area contributed by atoms with Crippen molar-refractivity contribution in [1.82, 2.24) is 0 Å². The van der Waals surface area contributed by atoms with Crippen LogP contribution >= 0.6 is 0 Å². The van der Waals surface area contributed by atoms with Crippen LogP contribution in [0.4, 0.5) is 5.69 Å². The Labute approximate surface area is 71.5 Å². The van der Waals surface area contributed by atoms with Crippen LogP contribution in [0.2, 0.25) is 0 Å². The molecule has 1 aliphatic heterocycles. The lowest BCUT2D eigenvalue weighted by Crippen LogP contribution is -2.22. The minimum atomic E-state index is -3.16. The highest BCUT2D eigenvalue weighted by Crippen LogP contribution is 2.23. The van der Waals surface area contributed by atoms with Crippen LogP contribution in [0.15, 0.2) is 24.3 Å². The first-order valence-corrected chi connectivity index (χ1v) is 5.16. The zero-order chi connectivity index (χ0) is 8.60.